The Morgan fingerprint density at radius 1 is 1.00 bits per heavy atom. The van der Waals surface area contributed by atoms with Crippen molar-refractivity contribution in [1.82, 2.24) is 5.32 Å². The zero-order valence-corrected chi connectivity index (χ0v) is 14.8. The van der Waals surface area contributed by atoms with Gasteiger partial charge in [-0.25, -0.2) is 4.79 Å². The third-order valence-corrected chi connectivity index (χ3v) is 4.02. The highest BCUT2D eigenvalue weighted by atomic mass is 35.5. The highest BCUT2D eigenvalue weighted by Gasteiger charge is 2.07. The minimum absolute atomic E-state index is 0. The summed E-state index contributed by atoms with van der Waals surface area (Å²) in [6.45, 7) is 1.24. The fourth-order valence-corrected chi connectivity index (χ4v) is 2.57. The number of carboxylic acids is 1. The minimum Gasteiger partial charge on any atom is -0.478 e. The first-order valence-corrected chi connectivity index (χ1v) is 7.88. The molecule has 0 aliphatic carbocycles. The van der Waals surface area contributed by atoms with Crippen molar-refractivity contribution >= 4 is 30.0 Å². The molecule has 1 heterocycles. The molecular formula is C19H17Cl2NO3. The third-order valence-electron chi connectivity index (χ3n) is 3.65. The fourth-order valence-electron chi connectivity index (χ4n) is 2.37. The van der Waals surface area contributed by atoms with Gasteiger partial charge in [-0.05, 0) is 35.9 Å². The van der Waals surface area contributed by atoms with Crippen molar-refractivity contribution in [2.24, 2.45) is 0 Å². The van der Waals surface area contributed by atoms with E-state index >= 15 is 0 Å². The Balaban J connectivity index is 0.00000225. The van der Waals surface area contributed by atoms with E-state index < -0.39 is 5.97 Å². The molecule has 0 fully saturated rings. The van der Waals surface area contributed by atoms with Gasteiger partial charge in [0.05, 0.1) is 12.1 Å². The molecule has 0 spiro atoms. The van der Waals surface area contributed by atoms with Gasteiger partial charge in [0.2, 0.25) is 0 Å². The van der Waals surface area contributed by atoms with E-state index in [0.717, 1.165) is 21.9 Å². The molecule has 0 atom stereocenters. The highest BCUT2D eigenvalue weighted by molar-refractivity contribution is 6.31. The van der Waals surface area contributed by atoms with Gasteiger partial charge in [0.15, 0.2) is 0 Å². The number of carboxylic acid groups (broad SMARTS) is 1. The van der Waals surface area contributed by atoms with Gasteiger partial charge in [0.25, 0.3) is 0 Å². The van der Waals surface area contributed by atoms with Crippen molar-refractivity contribution in [2.45, 2.75) is 13.1 Å². The smallest absolute Gasteiger partial charge is 0.335 e. The molecule has 130 valence electrons. The van der Waals surface area contributed by atoms with E-state index in [0.29, 0.717) is 18.8 Å². The van der Waals surface area contributed by atoms with Crippen molar-refractivity contribution in [3.05, 3.63) is 82.6 Å². The number of nitrogens with one attached hydrogen (secondary N) is 1. The molecule has 25 heavy (non-hydrogen) atoms. The Morgan fingerprint density at radius 3 is 2.40 bits per heavy atom. The number of benzene rings is 2. The van der Waals surface area contributed by atoms with Gasteiger partial charge in [-0.2, -0.15) is 0 Å². The van der Waals surface area contributed by atoms with Crippen LogP contribution < -0.4 is 5.32 Å². The summed E-state index contributed by atoms with van der Waals surface area (Å²) in [5.41, 5.74) is 2.14. The minimum atomic E-state index is -0.939. The van der Waals surface area contributed by atoms with Crippen LogP contribution in [0.2, 0.25) is 5.02 Å². The van der Waals surface area contributed by atoms with Crippen molar-refractivity contribution < 1.29 is 14.3 Å². The first-order chi connectivity index (χ1) is 11.6. The van der Waals surface area contributed by atoms with E-state index in [9.17, 15) is 4.79 Å². The van der Waals surface area contributed by atoms with Crippen LogP contribution in [0.25, 0.3) is 11.3 Å². The van der Waals surface area contributed by atoms with Crippen LogP contribution in [0, 0.1) is 0 Å². The van der Waals surface area contributed by atoms with Crippen molar-refractivity contribution in [3.8, 4) is 11.3 Å². The van der Waals surface area contributed by atoms with Crippen LogP contribution in [-0.2, 0) is 13.1 Å². The molecule has 1 aromatic heterocycles. The maximum Gasteiger partial charge on any atom is 0.335 e. The maximum atomic E-state index is 10.9. The summed E-state index contributed by atoms with van der Waals surface area (Å²) in [5, 5.41) is 13.0. The predicted molar refractivity (Wildman–Crippen MR) is 100 cm³/mol. The topological polar surface area (TPSA) is 62.5 Å². The van der Waals surface area contributed by atoms with Crippen LogP contribution in [0.3, 0.4) is 0 Å². The second-order valence-electron chi connectivity index (χ2n) is 5.34. The summed E-state index contributed by atoms with van der Waals surface area (Å²) in [6, 6.07) is 18.1. The van der Waals surface area contributed by atoms with E-state index in [2.05, 4.69) is 5.32 Å². The van der Waals surface area contributed by atoms with Crippen LogP contribution >= 0.6 is 24.0 Å². The van der Waals surface area contributed by atoms with Gasteiger partial charge in [0.1, 0.15) is 11.5 Å². The Bertz CT molecular complexity index is 844. The maximum absolute atomic E-state index is 10.9. The van der Waals surface area contributed by atoms with Gasteiger partial charge in [-0.1, -0.05) is 41.9 Å². The number of carbonyl (C=O) groups is 1. The standard InChI is InChI=1S/C19H16ClNO3.ClH/c20-17-4-2-1-3-15(17)11-21-12-16-9-10-18(24-16)13-5-7-14(8-6-13)19(22)23;/h1-10,21H,11-12H2,(H,22,23);1H. The summed E-state index contributed by atoms with van der Waals surface area (Å²) >= 11 is 6.12. The van der Waals surface area contributed by atoms with Gasteiger partial charge in [-0.15, -0.1) is 12.4 Å². The molecule has 0 aliphatic rings. The van der Waals surface area contributed by atoms with Gasteiger partial charge in [0, 0.05) is 17.1 Å². The van der Waals surface area contributed by atoms with Crippen molar-refractivity contribution in [3.63, 3.8) is 0 Å². The normalized spacial score (nSPS) is 10.3. The van der Waals surface area contributed by atoms with Crippen LogP contribution in [0.15, 0.2) is 65.1 Å². The van der Waals surface area contributed by atoms with Crippen LogP contribution in [0.1, 0.15) is 21.7 Å². The zero-order valence-electron chi connectivity index (χ0n) is 13.2. The lowest BCUT2D eigenvalue weighted by atomic mass is 10.1. The first kappa shape index (κ1) is 19.1. The number of hydrogen-bond acceptors (Lipinski definition) is 3. The van der Waals surface area contributed by atoms with Crippen LogP contribution in [-0.4, -0.2) is 11.1 Å². The fraction of sp³-hybridized carbons (Fsp3) is 0.105. The SMILES string of the molecule is Cl.O=C(O)c1ccc(-c2ccc(CNCc3ccccc3Cl)o2)cc1. The molecule has 3 rings (SSSR count). The van der Waals surface area contributed by atoms with Crippen LogP contribution in [0.4, 0.5) is 0 Å². The lowest BCUT2D eigenvalue weighted by Gasteiger charge is -2.05. The molecule has 0 saturated carbocycles. The number of furan rings is 1. The highest BCUT2D eigenvalue weighted by Crippen LogP contribution is 2.23. The molecule has 0 unspecified atom stereocenters. The Labute approximate surface area is 156 Å². The Kier molecular flexibility index (Phi) is 6.65. The lowest BCUT2D eigenvalue weighted by Crippen LogP contribution is -2.12. The molecule has 0 saturated heterocycles. The summed E-state index contributed by atoms with van der Waals surface area (Å²) in [4.78, 5) is 10.9. The van der Waals surface area contributed by atoms with E-state index in [1.165, 1.54) is 0 Å². The summed E-state index contributed by atoms with van der Waals surface area (Å²) < 4.78 is 5.80. The number of aromatic carboxylic acids is 1. The predicted octanol–water partition coefficient (Wildman–Crippen LogP) is 5.01. The lowest BCUT2D eigenvalue weighted by molar-refractivity contribution is 0.0697. The molecule has 4 nitrogen and oxygen atoms in total. The number of halogens is 2. The van der Waals surface area contributed by atoms with E-state index in [1.54, 1.807) is 24.3 Å². The summed E-state index contributed by atoms with van der Waals surface area (Å²) in [6.07, 6.45) is 0. The Morgan fingerprint density at radius 2 is 1.72 bits per heavy atom. The van der Waals surface area contributed by atoms with Crippen molar-refractivity contribution in [2.75, 3.05) is 0 Å². The number of rotatable bonds is 6. The van der Waals surface area contributed by atoms with Crippen molar-refractivity contribution in [1.29, 1.82) is 0 Å². The molecule has 0 radical (unpaired) electrons. The second-order valence-corrected chi connectivity index (χ2v) is 5.75. The average Bonchev–Trinajstić information content (AvgIpc) is 3.05. The summed E-state index contributed by atoms with van der Waals surface area (Å²) in [7, 11) is 0. The molecule has 2 N–H and O–H groups in total. The molecule has 0 aliphatic heterocycles. The second kappa shape index (κ2) is 8.72. The largest absolute Gasteiger partial charge is 0.478 e. The molecule has 3 aromatic rings. The molecular weight excluding hydrogens is 361 g/mol. The number of hydrogen-bond donors (Lipinski definition) is 2. The van der Waals surface area contributed by atoms with Gasteiger partial charge < -0.3 is 14.8 Å². The third kappa shape index (κ3) is 4.86. The van der Waals surface area contributed by atoms with E-state index in [-0.39, 0.29) is 18.0 Å². The molecule has 0 amide bonds. The Hall–Kier alpha value is -2.27. The van der Waals surface area contributed by atoms with E-state index in [4.69, 9.17) is 21.1 Å². The molecule has 0 bridgehead atoms. The first-order valence-electron chi connectivity index (χ1n) is 7.50. The van der Waals surface area contributed by atoms with E-state index in [1.807, 2.05) is 36.4 Å². The summed E-state index contributed by atoms with van der Waals surface area (Å²) in [5.74, 6) is 0.575. The zero-order chi connectivity index (χ0) is 16.9. The molecule has 2 aromatic carbocycles. The molecule has 6 heteroatoms. The van der Waals surface area contributed by atoms with Crippen LogP contribution in [0.5, 0.6) is 0 Å². The average molecular weight is 378 g/mol. The monoisotopic (exact) mass is 377 g/mol. The quantitative estimate of drug-likeness (QED) is 0.633. The van der Waals surface area contributed by atoms with Gasteiger partial charge in [-0.3, -0.25) is 0 Å². The van der Waals surface area contributed by atoms with Gasteiger partial charge >= 0.3 is 5.97 Å².